The molecule has 3 rings (SSSR count). The molecule has 0 bridgehead atoms. The number of ether oxygens (including phenoxy) is 2. The zero-order chi connectivity index (χ0) is 21.5. The van der Waals surface area contributed by atoms with Gasteiger partial charge >= 0.3 is 5.97 Å². The summed E-state index contributed by atoms with van der Waals surface area (Å²) in [5.41, 5.74) is 4.02. The van der Waals surface area contributed by atoms with Crippen molar-refractivity contribution in [1.82, 2.24) is 0 Å². The summed E-state index contributed by atoms with van der Waals surface area (Å²) in [5.74, 6) is 0.296. The van der Waals surface area contributed by atoms with Gasteiger partial charge in [0.05, 0.1) is 17.2 Å². The van der Waals surface area contributed by atoms with Gasteiger partial charge in [0.15, 0.2) is 11.5 Å². The molecule has 2 N–H and O–H groups in total. The largest absolute Gasteiger partial charge is 0.490 e. The molecule has 0 amide bonds. The van der Waals surface area contributed by atoms with Crippen LogP contribution in [-0.2, 0) is 13.2 Å². The average molecular weight is 426 g/mol. The van der Waals surface area contributed by atoms with Gasteiger partial charge in [-0.3, -0.25) is 0 Å². The highest BCUT2D eigenvalue weighted by Crippen LogP contribution is 2.30. The van der Waals surface area contributed by atoms with Crippen molar-refractivity contribution in [3.05, 3.63) is 87.9 Å². The Morgan fingerprint density at radius 2 is 1.70 bits per heavy atom. The van der Waals surface area contributed by atoms with Crippen molar-refractivity contribution in [1.29, 1.82) is 0 Å². The Balaban J connectivity index is 1.69. The van der Waals surface area contributed by atoms with Gasteiger partial charge in [0, 0.05) is 12.2 Å². The molecular weight excluding hydrogens is 402 g/mol. The van der Waals surface area contributed by atoms with Crippen molar-refractivity contribution in [2.24, 2.45) is 0 Å². The number of rotatable bonds is 9. The number of anilines is 1. The highest BCUT2D eigenvalue weighted by molar-refractivity contribution is 6.33. The lowest BCUT2D eigenvalue weighted by Gasteiger charge is -2.14. The highest BCUT2D eigenvalue weighted by Gasteiger charge is 2.10. The summed E-state index contributed by atoms with van der Waals surface area (Å²) in [6.07, 6.45) is 0. The minimum atomic E-state index is -1.06. The molecule has 0 aliphatic carbocycles. The summed E-state index contributed by atoms with van der Waals surface area (Å²) in [5, 5.41) is 12.6. The average Bonchev–Trinajstić information content (AvgIpc) is 2.73. The van der Waals surface area contributed by atoms with Gasteiger partial charge in [0.2, 0.25) is 0 Å². The van der Waals surface area contributed by atoms with E-state index in [1.807, 2.05) is 37.3 Å². The van der Waals surface area contributed by atoms with Crippen LogP contribution < -0.4 is 14.8 Å². The van der Waals surface area contributed by atoms with Crippen LogP contribution in [0.3, 0.4) is 0 Å². The van der Waals surface area contributed by atoms with Crippen molar-refractivity contribution in [3.8, 4) is 11.5 Å². The van der Waals surface area contributed by atoms with Crippen molar-refractivity contribution in [2.45, 2.75) is 27.0 Å². The number of aryl methyl sites for hydroxylation is 1. The van der Waals surface area contributed by atoms with E-state index in [0.29, 0.717) is 36.9 Å². The van der Waals surface area contributed by atoms with Crippen LogP contribution in [0.25, 0.3) is 0 Å². The number of benzene rings is 3. The second-order valence-electron chi connectivity index (χ2n) is 6.84. The Kier molecular flexibility index (Phi) is 7.20. The molecule has 3 aromatic carbocycles. The highest BCUT2D eigenvalue weighted by atomic mass is 35.5. The van der Waals surface area contributed by atoms with Crippen LogP contribution in [0.4, 0.5) is 5.69 Å². The number of hydrogen-bond acceptors (Lipinski definition) is 4. The smallest absolute Gasteiger partial charge is 0.337 e. The molecule has 0 unspecified atom stereocenters. The molecule has 0 fully saturated rings. The van der Waals surface area contributed by atoms with Gasteiger partial charge in [-0.2, -0.15) is 0 Å². The first-order valence-electron chi connectivity index (χ1n) is 9.67. The van der Waals surface area contributed by atoms with E-state index < -0.39 is 5.97 Å². The Morgan fingerprint density at radius 3 is 2.40 bits per heavy atom. The molecule has 30 heavy (non-hydrogen) atoms. The molecule has 0 heterocycles. The fraction of sp³-hybridized carbons (Fsp3) is 0.208. The molecule has 0 aliphatic heterocycles. The monoisotopic (exact) mass is 425 g/mol. The lowest BCUT2D eigenvalue weighted by Crippen LogP contribution is -2.04. The fourth-order valence-electron chi connectivity index (χ4n) is 2.90. The SMILES string of the molecule is CCOc1cc(CNc2ccc(Cl)c(C(=O)O)c2)ccc1OCc1ccc(C)cc1. The van der Waals surface area contributed by atoms with Gasteiger partial charge in [-0.25, -0.2) is 4.79 Å². The van der Waals surface area contributed by atoms with Crippen molar-refractivity contribution >= 4 is 23.3 Å². The van der Waals surface area contributed by atoms with Crippen LogP contribution in [0.1, 0.15) is 34.0 Å². The Morgan fingerprint density at radius 1 is 0.967 bits per heavy atom. The van der Waals surface area contributed by atoms with E-state index in [1.54, 1.807) is 12.1 Å². The van der Waals surface area contributed by atoms with E-state index in [2.05, 4.69) is 24.4 Å². The zero-order valence-corrected chi connectivity index (χ0v) is 17.7. The van der Waals surface area contributed by atoms with Crippen molar-refractivity contribution in [2.75, 3.05) is 11.9 Å². The summed E-state index contributed by atoms with van der Waals surface area (Å²) in [4.78, 5) is 11.2. The van der Waals surface area contributed by atoms with Crippen molar-refractivity contribution < 1.29 is 19.4 Å². The molecular formula is C24H24ClNO4. The number of carbonyl (C=O) groups is 1. The molecule has 0 aromatic heterocycles. The van der Waals surface area contributed by atoms with E-state index >= 15 is 0 Å². The fourth-order valence-corrected chi connectivity index (χ4v) is 3.10. The number of carboxylic acid groups (broad SMARTS) is 1. The van der Waals surface area contributed by atoms with Crippen molar-refractivity contribution in [3.63, 3.8) is 0 Å². The topological polar surface area (TPSA) is 67.8 Å². The lowest BCUT2D eigenvalue weighted by atomic mass is 10.1. The predicted molar refractivity (Wildman–Crippen MR) is 119 cm³/mol. The normalized spacial score (nSPS) is 10.5. The van der Waals surface area contributed by atoms with Crippen LogP contribution in [-0.4, -0.2) is 17.7 Å². The van der Waals surface area contributed by atoms with E-state index in [9.17, 15) is 9.90 Å². The number of nitrogens with one attached hydrogen (secondary N) is 1. The number of carboxylic acids is 1. The van der Waals surface area contributed by atoms with Crippen LogP contribution in [0.15, 0.2) is 60.7 Å². The molecule has 0 saturated carbocycles. The third-order valence-corrected chi connectivity index (χ3v) is 4.85. The van der Waals surface area contributed by atoms with E-state index in [4.69, 9.17) is 21.1 Å². The van der Waals surface area contributed by atoms with Gasteiger partial charge < -0.3 is 19.9 Å². The van der Waals surface area contributed by atoms with Crippen LogP contribution >= 0.6 is 11.6 Å². The first-order valence-corrected chi connectivity index (χ1v) is 10.0. The number of halogens is 1. The molecule has 0 radical (unpaired) electrons. The molecule has 0 saturated heterocycles. The molecule has 5 nitrogen and oxygen atoms in total. The minimum Gasteiger partial charge on any atom is -0.490 e. The zero-order valence-electron chi connectivity index (χ0n) is 16.9. The first-order chi connectivity index (χ1) is 14.5. The van der Waals surface area contributed by atoms with Gasteiger partial charge in [0.25, 0.3) is 0 Å². The summed E-state index contributed by atoms with van der Waals surface area (Å²) in [6.45, 7) is 5.46. The molecule has 0 atom stereocenters. The van der Waals surface area contributed by atoms with E-state index in [1.165, 1.54) is 11.6 Å². The summed E-state index contributed by atoms with van der Waals surface area (Å²) < 4.78 is 11.7. The van der Waals surface area contributed by atoms with Crippen LogP contribution in [0.5, 0.6) is 11.5 Å². The van der Waals surface area contributed by atoms with E-state index in [0.717, 1.165) is 11.1 Å². The first kappa shape index (κ1) is 21.5. The van der Waals surface area contributed by atoms with Gasteiger partial charge in [-0.15, -0.1) is 0 Å². The standard InChI is InChI=1S/C24H24ClNO4/c1-3-29-23-12-18(14-26-19-9-10-21(25)20(13-19)24(27)28)8-11-22(23)30-15-17-6-4-16(2)5-7-17/h4-13,26H,3,14-15H2,1-2H3,(H,27,28). The Hall–Kier alpha value is -3.18. The minimum absolute atomic E-state index is 0.0662. The summed E-state index contributed by atoms with van der Waals surface area (Å²) >= 11 is 5.92. The molecule has 0 spiro atoms. The molecule has 6 heteroatoms. The summed E-state index contributed by atoms with van der Waals surface area (Å²) in [7, 11) is 0. The molecule has 156 valence electrons. The third kappa shape index (κ3) is 5.67. The maximum Gasteiger partial charge on any atom is 0.337 e. The maximum atomic E-state index is 11.2. The van der Waals surface area contributed by atoms with Crippen LogP contribution in [0.2, 0.25) is 5.02 Å². The van der Waals surface area contributed by atoms with E-state index in [-0.39, 0.29) is 10.6 Å². The van der Waals surface area contributed by atoms with Gasteiger partial charge in [-0.05, 0) is 55.3 Å². The second kappa shape index (κ2) is 10.0. The van der Waals surface area contributed by atoms with Gasteiger partial charge in [-0.1, -0.05) is 47.5 Å². The lowest BCUT2D eigenvalue weighted by molar-refractivity contribution is 0.0697. The Labute approximate surface area is 181 Å². The number of aromatic carboxylic acids is 1. The quantitative estimate of drug-likeness (QED) is 0.444. The summed E-state index contributed by atoms with van der Waals surface area (Å²) in [6, 6.07) is 18.8. The third-order valence-electron chi connectivity index (χ3n) is 4.52. The van der Waals surface area contributed by atoms with Crippen LogP contribution in [0, 0.1) is 6.92 Å². The second-order valence-corrected chi connectivity index (χ2v) is 7.25. The van der Waals surface area contributed by atoms with Gasteiger partial charge in [0.1, 0.15) is 6.61 Å². The molecule has 3 aromatic rings. The Bertz CT molecular complexity index is 1020. The number of hydrogen-bond donors (Lipinski definition) is 2. The predicted octanol–water partition coefficient (Wildman–Crippen LogP) is 5.94. The molecule has 0 aliphatic rings. The maximum absolute atomic E-state index is 11.2.